The standard InChI is InChI=1S/C15H12N4O2S/c1-9-16-13(8-22-9)10-2-4-11(5-3-10)17-15(21)12-6-7-14(20)19-18-12/h2-8H,1H3,(H,17,21)(H,19,20). The van der Waals surface area contributed by atoms with E-state index in [1.54, 1.807) is 23.5 Å². The average molecular weight is 312 g/mol. The van der Waals surface area contributed by atoms with E-state index in [4.69, 9.17) is 0 Å². The summed E-state index contributed by atoms with van der Waals surface area (Å²) in [6.45, 7) is 1.96. The van der Waals surface area contributed by atoms with Crippen LogP contribution in [0.2, 0.25) is 0 Å². The highest BCUT2D eigenvalue weighted by molar-refractivity contribution is 7.09. The molecule has 0 bridgehead atoms. The predicted molar refractivity (Wildman–Crippen MR) is 85.1 cm³/mol. The van der Waals surface area contributed by atoms with E-state index in [2.05, 4.69) is 20.5 Å². The summed E-state index contributed by atoms with van der Waals surface area (Å²) in [6.07, 6.45) is 0. The second-order valence-electron chi connectivity index (χ2n) is 4.59. The van der Waals surface area contributed by atoms with Crippen molar-refractivity contribution in [1.82, 2.24) is 15.2 Å². The van der Waals surface area contributed by atoms with E-state index in [9.17, 15) is 9.59 Å². The van der Waals surface area contributed by atoms with Gasteiger partial charge in [0.05, 0.1) is 10.7 Å². The van der Waals surface area contributed by atoms with Crippen molar-refractivity contribution in [2.75, 3.05) is 5.32 Å². The number of amides is 1. The van der Waals surface area contributed by atoms with Crippen LogP contribution in [-0.4, -0.2) is 21.1 Å². The van der Waals surface area contributed by atoms with Crippen LogP contribution < -0.4 is 10.9 Å². The van der Waals surface area contributed by atoms with Gasteiger partial charge in [0.15, 0.2) is 0 Å². The maximum Gasteiger partial charge on any atom is 0.276 e. The molecule has 1 amide bonds. The SMILES string of the molecule is Cc1nc(-c2ccc(NC(=O)c3ccc(=O)[nH]n3)cc2)cs1. The fourth-order valence-corrected chi connectivity index (χ4v) is 2.51. The van der Waals surface area contributed by atoms with Gasteiger partial charge in [-0.1, -0.05) is 12.1 Å². The lowest BCUT2D eigenvalue weighted by molar-refractivity contribution is 0.102. The minimum atomic E-state index is -0.381. The van der Waals surface area contributed by atoms with Crippen molar-refractivity contribution in [3.05, 3.63) is 62.8 Å². The van der Waals surface area contributed by atoms with E-state index in [-0.39, 0.29) is 17.2 Å². The second kappa shape index (κ2) is 5.90. The number of thiazole rings is 1. The highest BCUT2D eigenvalue weighted by Gasteiger charge is 2.08. The summed E-state index contributed by atoms with van der Waals surface area (Å²) in [5.41, 5.74) is 2.36. The molecule has 2 aromatic heterocycles. The monoisotopic (exact) mass is 312 g/mol. The van der Waals surface area contributed by atoms with E-state index in [0.717, 1.165) is 16.3 Å². The van der Waals surface area contributed by atoms with Crippen molar-refractivity contribution in [1.29, 1.82) is 0 Å². The molecule has 0 saturated heterocycles. The molecule has 3 rings (SSSR count). The number of hydrogen-bond acceptors (Lipinski definition) is 5. The lowest BCUT2D eigenvalue weighted by Gasteiger charge is -2.05. The van der Waals surface area contributed by atoms with Crippen LogP contribution in [0.1, 0.15) is 15.5 Å². The molecule has 6 nitrogen and oxygen atoms in total. The normalized spacial score (nSPS) is 10.4. The van der Waals surface area contributed by atoms with Crippen LogP contribution in [0.5, 0.6) is 0 Å². The Morgan fingerprint density at radius 1 is 1.18 bits per heavy atom. The summed E-state index contributed by atoms with van der Waals surface area (Å²) in [6, 6.07) is 10.0. The Morgan fingerprint density at radius 2 is 1.95 bits per heavy atom. The fourth-order valence-electron chi connectivity index (χ4n) is 1.89. The molecule has 22 heavy (non-hydrogen) atoms. The number of carbonyl (C=O) groups is 1. The summed E-state index contributed by atoms with van der Waals surface area (Å²) in [5.74, 6) is -0.381. The van der Waals surface area contributed by atoms with Gasteiger partial charge in [-0.3, -0.25) is 9.59 Å². The van der Waals surface area contributed by atoms with Crippen LogP contribution in [0, 0.1) is 6.92 Å². The topological polar surface area (TPSA) is 87.7 Å². The summed E-state index contributed by atoms with van der Waals surface area (Å²) >= 11 is 1.59. The number of benzene rings is 1. The van der Waals surface area contributed by atoms with Gasteiger partial charge in [-0.15, -0.1) is 11.3 Å². The molecule has 3 aromatic rings. The van der Waals surface area contributed by atoms with E-state index in [1.165, 1.54) is 12.1 Å². The van der Waals surface area contributed by atoms with Crippen LogP contribution in [0.15, 0.2) is 46.6 Å². The largest absolute Gasteiger partial charge is 0.321 e. The molecule has 0 aliphatic carbocycles. The highest BCUT2D eigenvalue weighted by atomic mass is 32.1. The first-order valence-corrected chi connectivity index (χ1v) is 7.39. The van der Waals surface area contributed by atoms with Gasteiger partial charge < -0.3 is 5.32 Å². The van der Waals surface area contributed by atoms with Crippen LogP contribution in [0.25, 0.3) is 11.3 Å². The Hall–Kier alpha value is -2.80. The van der Waals surface area contributed by atoms with Crippen LogP contribution >= 0.6 is 11.3 Å². The molecule has 0 atom stereocenters. The molecule has 7 heteroatoms. The zero-order chi connectivity index (χ0) is 15.5. The lowest BCUT2D eigenvalue weighted by Crippen LogP contribution is -2.17. The molecule has 0 aliphatic heterocycles. The molecule has 0 radical (unpaired) electrons. The summed E-state index contributed by atoms with van der Waals surface area (Å²) in [5, 5.41) is 11.6. The number of aromatic nitrogens is 3. The van der Waals surface area contributed by atoms with Gasteiger partial charge in [0.2, 0.25) is 0 Å². The van der Waals surface area contributed by atoms with E-state index < -0.39 is 0 Å². The molecule has 1 aromatic carbocycles. The third-order valence-electron chi connectivity index (χ3n) is 2.97. The van der Waals surface area contributed by atoms with Gasteiger partial charge in [-0.05, 0) is 25.1 Å². The third kappa shape index (κ3) is 3.09. The number of rotatable bonds is 3. The quantitative estimate of drug-likeness (QED) is 0.777. The minimum Gasteiger partial charge on any atom is -0.321 e. The first-order valence-electron chi connectivity index (χ1n) is 6.51. The minimum absolute atomic E-state index is 0.152. The Balaban J connectivity index is 1.74. The van der Waals surface area contributed by atoms with Gasteiger partial charge in [0.25, 0.3) is 11.5 Å². The molecule has 0 aliphatic rings. The molecule has 2 heterocycles. The summed E-state index contributed by atoms with van der Waals surface area (Å²) in [4.78, 5) is 27.3. The highest BCUT2D eigenvalue weighted by Crippen LogP contribution is 2.23. The van der Waals surface area contributed by atoms with Crippen molar-refractivity contribution in [2.45, 2.75) is 6.92 Å². The lowest BCUT2D eigenvalue weighted by atomic mass is 10.1. The zero-order valence-electron chi connectivity index (χ0n) is 11.7. The number of hydrogen-bond donors (Lipinski definition) is 2. The maximum absolute atomic E-state index is 12.0. The van der Waals surface area contributed by atoms with Gasteiger partial charge in [0.1, 0.15) is 5.69 Å². The van der Waals surface area contributed by atoms with Gasteiger partial charge >= 0.3 is 0 Å². The van der Waals surface area contributed by atoms with Gasteiger partial charge in [-0.25, -0.2) is 10.1 Å². The molecule has 2 N–H and O–H groups in total. The number of aryl methyl sites for hydroxylation is 1. The number of nitrogens with one attached hydrogen (secondary N) is 2. The smallest absolute Gasteiger partial charge is 0.276 e. The predicted octanol–water partition coefficient (Wildman–Crippen LogP) is 2.45. The molecule has 0 spiro atoms. The van der Waals surface area contributed by atoms with Crippen LogP contribution in [0.3, 0.4) is 0 Å². The number of anilines is 1. The molecule has 110 valence electrons. The first-order chi connectivity index (χ1) is 10.6. The molecular weight excluding hydrogens is 300 g/mol. The summed E-state index contributed by atoms with van der Waals surface area (Å²) in [7, 11) is 0. The fraction of sp³-hybridized carbons (Fsp3) is 0.0667. The summed E-state index contributed by atoms with van der Waals surface area (Å²) < 4.78 is 0. The maximum atomic E-state index is 12.0. The molecule has 0 unspecified atom stereocenters. The van der Waals surface area contributed by atoms with E-state index >= 15 is 0 Å². The van der Waals surface area contributed by atoms with Crippen molar-refractivity contribution in [2.24, 2.45) is 0 Å². The van der Waals surface area contributed by atoms with Gasteiger partial charge in [-0.2, -0.15) is 5.10 Å². The third-order valence-corrected chi connectivity index (χ3v) is 3.74. The molecule has 0 saturated carbocycles. The van der Waals surface area contributed by atoms with Crippen molar-refractivity contribution in [3.8, 4) is 11.3 Å². The van der Waals surface area contributed by atoms with Crippen molar-refractivity contribution < 1.29 is 4.79 Å². The Bertz CT molecular complexity index is 847. The zero-order valence-corrected chi connectivity index (χ0v) is 12.5. The number of aromatic amines is 1. The van der Waals surface area contributed by atoms with E-state index in [1.807, 2.05) is 24.4 Å². The van der Waals surface area contributed by atoms with Crippen molar-refractivity contribution >= 4 is 22.9 Å². The average Bonchev–Trinajstić information content (AvgIpc) is 2.95. The number of H-pyrrole nitrogens is 1. The van der Waals surface area contributed by atoms with Gasteiger partial charge in [0, 0.05) is 22.7 Å². The van der Waals surface area contributed by atoms with Crippen LogP contribution in [0.4, 0.5) is 5.69 Å². The first kappa shape index (κ1) is 14.2. The molecule has 0 fully saturated rings. The van der Waals surface area contributed by atoms with Crippen molar-refractivity contribution in [3.63, 3.8) is 0 Å². The molecular formula is C15H12N4O2S. The Labute approximate surface area is 129 Å². The van der Waals surface area contributed by atoms with E-state index in [0.29, 0.717) is 5.69 Å². The van der Waals surface area contributed by atoms with Crippen LogP contribution in [-0.2, 0) is 0 Å². The Kier molecular flexibility index (Phi) is 3.80. The Morgan fingerprint density at radius 3 is 2.55 bits per heavy atom. The second-order valence-corrected chi connectivity index (χ2v) is 5.65. The number of carbonyl (C=O) groups excluding carboxylic acids is 1. The number of nitrogens with zero attached hydrogens (tertiary/aromatic N) is 2.